The predicted molar refractivity (Wildman–Crippen MR) is 85.8 cm³/mol. The van der Waals surface area contributed by atoms with Gasteiger partial charge in [0.05, 0.1) is 18.3 Å². The summed E-state index contributed by atoms with van der Waals surface area (Å²) in [4.78, 5) is 13.0. The van der Waals surface area contributed by atoms with Crippen LogP contribution in [0.2, 0.25) is 0 Å². The molecule has 0 fully saturated rings. The highest BCUT2D eigenvalue weighted by Crippen LogP contribution is 2.30. The maximum Gasteiger partial charge on any atom is 0.236 e. The largest absolute Gasteiger partial charge is 0.480 e. The summed E-state index contributed by atoms with van der Waals surface area (Å²) in [7, 11) is 1.50. The molecule has 0 aliphatic rings. The highest BCUT2D eigenvalue weighted by atomic mass is 32.2. The third-order valence-corrected chi connectivity index (χ3v) is 3.77. The topological polar surface area (TPSA) is 71.7 Å². The van der Waals surface area contributed by atoms with Crippen molar-refractivity contribution in [2.75, 3.05) is 13.4 Å². The zero-order valence-electron chi connectivity index (χ0n) is 12.1. The molecule has 2 heterocycles. The van der Waals surface area contributed by atoms with E-state index in [2.05, 4.69) is 21.0 Å². The van der Waals surface area contributed by atoms with Crippen LogP contribution in [-0.4, -0.2) is 28.3 Å². The lowest BCUT2D eigenvalue weighted by atomic mass is 10.0. The minimum Gasteiger partial charge on any atom is -0.480 e. The average molecular weight is 308 g/mol. The third kappa shape index (κ3) is 2.47. The molecule has 2 aromatic heterocycles. The number of hydrogen-bond acceptors (Lipinski definition) is 6. The monoisotopic (exact) mass is 308 g/mol. The standard InChI is InChI=1S/C16H12N4OS/c1-21-15-12(9-17)14(19-16(20-15)22-2)11-5-6-13-10(8-11)4-3-7-18-13/h3-8H,1-2H3. The molecule has 22 heavy (non-hydrogen) atoms. The number of rotatable bonds is 3. The van der Waals surface area contributed by atoms with E-state index in [1.165, 1.54) is 18.9 Å². The molecule has 0 atom stereocenters. The summed E-state index contributed by atoms with van der Waals surface area (Å²) >= 11 is 1.41. The van der Waals surface area contributed by atoms with Crippen LogP contribution >= 0.6 is 11.8 Å². The number of nitriles is 1. The van der Waals surface area contributed by atoms with Gasteiger partial charge in [-0.1, -0.05) is 23.9 Å². The first-order chi connectivity index (χ1) is 10.8. The van der Waals surface area contributed by atoms with Gasteiger partial charge in [-0.05, 0) is 24.5 Å². The van der Waals surface area contributed by atoms with Crippen molar-refractivity contribution in [3.8, 4) is 23.2 Å². The molecule has 6 heteroatoms. The second-order valence-electron chi connectivity index (χ2n) is 4.47. The summed E-state index contributed by atoms with van der Waals surface area (Å²) in [5.41, 5.74) is 2.65. The Morgan fingerprint density at radius 2 is 2.09 bits per heavy atom. The van der Waals surface area contributed by atoms with E-state index in [4.69, 9.17) is 4.74 Å². The first-order valence-corrected chi connectivity index (χ1v) is 7.74. The molecule has 0 saturated carbocycles. The highest BCUT2D eigenvalue weighted by molar-refractivity contribution is 7.98. The Hall–Kier alpha value is -2.65. The van der Waals surface area contributed by atoms with E-state index < -0.39 is 0 Å². The first-order valence-electron chi connectivity index (χ1n) is 6.52. The van der Waals surface area contributed by atoms with Gasteiger partial charge in [-0.25, -0.2) is 4.98 Å². The molecule has 0 spiro atoms. The van der Waals surface area contributed by atoms with Crippen molar-refractivity contribution in [1.29, 1.82) is 5.26 Å². The molecule has 0 amide bonds. The molecule has 0 unspecified atom stereocenters. The van der Waals surface area contributed by atoms with Crippen LogP contribution in [-0.2, 0) is 0 Å². The molecule has 0 bridgehead atoms. The number of benzene rings is 1. The van der Waals surface area contributed by atoms with Crippen molar-refractivity contribution >= 4 is 22.7 Å². The zero-order valence-corrected chi connectivity index (χ0v) is 12.9. The molecule has 0 aliphatic carbocycles. The highest BCUT2D eigenvalue weighted by Gasteiger charge is 2.16. The van der Waals surface area contributed by atoms with Gasteiger partial charge in [-0.3, -0.25) is 4.98 Å². The van der Waals surface area contributed by atoms with Crippen LogP contribution in [0.5, 0.6) is 5.88 Å². The van der Waals surface area contributed by atoms with Crippen molar-refractivity contribution in [3.05, 3.63) is 42.1 Å². The van der Waals surface area contributed by atoms with Gasteiger partial charge in [-0.15, -0.1) is 0 Å². The Morgan fingerprint density at radius 3 is 2.82 bits per heavy atom. The summed E-state index contributed by atoms with van der Waals surface area (Å²) in [6, 6.07) is 11.8. The number of pyridine rings is 1. The second kappa shape index (κ2) is 6.00. The molecule has 0 radical (unpaired) electrons. The molecule has 1 aromatic carbocycles. The molecular weight excluding hydrogens is 296 g/mol. The van der Waals surface area contributed by atoms with E-state index in [0.29, 0.717) is 22.3 Å². The van der Waals surface area contributed by atoms with E-state index in [0.717, 1.165) is 16.5 Å². The smallest absolute Gasteiger partial charge is 0.236 e. The molecule has 108 valence electrons. The van der Waals surface area contributed by atoms with Gasteiger partial charge in [0.25, 0.3) is 0 Å². The minimum absolute atomic E-state index is 0.295. The number of methoxy groups -OCH3 is 1. The lowest BCUT2D eigenvalue weighted by molar-refractivity contribution is 0.391. The summed E-state index contributed by atoms with van der Waals surface area (Å²) < 4.78 is 5.23. The predicted octanol–water partition coefficient (Wildman–Crippen LogP) is 3.29. The van der Waals surface area contributed by atoms with Crippen LogP contribution in [0.25, 0.3) is 22.2 Å². The van der Waals surface area contributed by atoms with Crippen LogP contribution in [0.4, 0.5) is 0 Å². The summed E-state index contributed by atoms with van der Waals surface area (Å²) in [6.07, 6.45) is 3.64. The zero-order chi connectivity index (χ0) is 15.5. The fraction of sp³-hybridized carbons (Fsp3) is 0.125. The Balaban J connectivity index is 2.26. The molecule has 3 aromatic rings. The van der Waals surface area contributed by atoms with Gasteiger partial charge in [-0.2, -0.15) is 10.2 Å². The Labute approximate surface area is 132 Å². The molecule has 0 saturated heterocycles. The number of nitrogens with zero attached hydrogens (tertiary/aromatic N) is 4. The van der Waals surface area contributed by atoms with Crippen LogP contribution < -0.4 is 4.74 Å². The lowest BCUT2D eigenvalue weighted by Gasteiger charge is -2.09. The third-order valence-electron chi connectivity index (χ3n) is 3.22. The van der Waals surface area contributed by atoms with Crippen LogP contribution in [0.15, 0.2) is 41.7 Å². The van der Waals surface area contributed by atoms with Crippen molar-refractivity contribution in [3.63, 3.8) is 0 Å². The fourth-order valence-electron chi connectivity index (χ4n) is 2.19. The lowest BCUT2D eigenvalue weighted by Crippen LogP contribution is -2.00. The van der Waals surface area contributed by atoms with Crippen molar-refractivity contribution in [1.82, 2.24) is 15.0 Å². The summed E-state index contributed by atoms with van der Waals surface area (Å²) in [5.74, 6) is 0.295. The van der Waals surface area contributed by atoms with E-state index >= 15 is 0 Å². The Kier molecular flexibility index (Phi) is 3.90. The van der Waals surface area contributed by atoms with E-state index in [1.807, 2.05) is 36.6 Å². The van der Waals surface area contributed by atoms with Gasteiger partial charge in [0.2, 0.25) is 5.88 Å². The van der Waals surface area contributed by atoms with Gasteiger partial charge >= 0.3 is 0 Å². The maximum atomic E-state index is 9.44. The van der Waals surface area contributed by atoms with Gasteiger partial charge in [0, 0.05) is 17.1 Å². The molecule has 0 aliphatic heterocycles. The molecular formula is C16H12N4OS. The van der Waals surface area contributed by atoms with E-state index in [1.54, 1.807) is 6.20 Å². The fourth-order valence-corrected chi connectivity index (χ4v) is 2.55. The second-order valence-corrected chi connectivity index (χ2v) is 5.24. The number of aromatic nitrogens is 3. The number of thioether (sulfide) groups is 1. The van der Waals surface area contributed by atoms with Gasteiger partial charge in [0.1, 0.15) is 11.6 Å². The quantitative estimate of drug-likeness (QED) is 0.546. The molecule has 5 nitrogen and oxygen atoms in total. The number of hydrogen-bond donors (Lipinski definition) is 0. The van der Waals surface area contributed by atoms with Crippen LogP contribution in [0.3, 0.4) is 0 Å². The Morgan fingerprint density at radius 1 is 1.23 bits per heavy atom. The normalized spacial score (nSPS) is 10.4. The van der Waals surface area contributed by atoms with Crippen molar-refractivity contribution in [2.45, 2.75) is 5.16 Å². The summed E-state index contributed by atoms with van der Waals surface area (Å²) in [6.45, 7) is 0. The van der Waals surface area contributed by atoms with E-state index in [-0.39, 0.29) is 0 Å². The van der Waals surface area contributed by atoms with Crippen molar-refractivity contribution in [2.24, 2.45) is 0 Å². The van der Waals surface area contributed by atoms with Gasteiger partial charge in [0.15, 0.2) is 5.16 Å². The minimum atomic E-state index is 0.295. The first kappa shape index (κ1) is 14.3. The average Bonchev–Trinajstić information content (AvgIpc) is 2.59. The number of ether oxygens (including phenoxy) is 1. The molecule has 0 N–H and O–H groups in total. The van der Waals surface area contributed by atoms with Crippen LogP contribution in [0, 0.1) is 11.3 Å². The molecule has 3 rings (SSSR count). The van der Waals surface area contributed by atoms with Crippen molar-refractivity contribution < 1.29 is 4.74 Å². The SMILES string of the molecule is COc1nc(SC)nc(-c2ccc3ncccc3c2)c1C#N. The van der Waals surface area contributed by atoms with Gasteiger partial charge < -0.3 is 4.74 Å². The van der Waals surface area contributed by atoms with E-state index in [9.17, 15) is 5.26 Å². The Bertz CT molecular complexity index is 889. The summed E-state index contributed by atoms with van der Waals surface area (Å²) in [5, 5.41) is 11.0. The van der Waals surface area contributed by atoms with Crippen LogP contribution in [0.1, 0.15) is 5.56 Å². The maximum absolute atomic E-state index is 9.44. The number of fused-ring (bicyclic) bond motifs is 1.